The number of phenolic OH excluding ortho intramolecular Hbond substituents is 1. The number of nitrogens with one attached hydrogen (secondary N) is 10. The zero-order chi connectivity index (χ0) is 81.8. The first kappa shape index (κ1) is 93.4. The molecule has 612 valence electrons. The number of carboxylic acid groups (broad SMARTS) is 3. The molecule has 0 saturated carbocycles. The summed E-state index contributed by atoms with van der Waals surface area (Å²) in [6, 6.07) is -11.4. The molecule has 1 aromatic rings. The SMILES string of the molecule is CC[C@H](C)[C@H](NC(=O)[C@@H](NC(=O)CNC(=O)[C@H](CCC(=O)O)NC(=O)[C@@H](N)CCCCN)[C@@H](C)O)C(=O)N1CCC[C@H]1C(=O)N1CCC[C@H]1C(=O)N[C@@H](CCC(=O)O)C(=O)N[C@@H](Cc1ccc(O)cc1)C(=O)N[C@@H](CCCN=C(N)N)C(=O)N[C@@H](CCCCN)C(=O)N[C@@H](CC(C)C)C(=O)N[C@@H](CC(C)C)C(=O)O. The second-order valence-electron chi connectivity index (χ2n) is 28.6. The number of unbranched alkanes of at least 4 members (excludes halogenated alkanes) is 2. The highest BCUT2D eigenvalue weighted by atomic mass is 16.4. The molecule has 1 aromatic carbocycles. The second-order valence-corrected chi connectivity index (χ2v) is 28.6. The van der Waals surface area contributed by atoms with E-state index >= 15 is 0 Å². The summed E-state index contributed by atoms with van der Waals surface area (Å²) in [4.78, 5) is 212. The molecule has 109 heavy (non-hydrogen) atoms. The predicted octanol–water partition coefficient (Wildman–Crippen LogP) is -3.63. The van der Waals surface area contributed by atoms with Crippen molar-refractivity contribution in [3.8, 4) is 5.75 Å². The molecule has 2 heterocycles. The van der Waals surface area contributed by atoms with Crippen LogP contribution in [0.1, 0.15) is 176 Å². The van der Waals surface area contributed by atoms with Crippen molar-refractivity contribution >= 4 is 94.8 Å². The number of aliphatic hydroxyl groups excluding tert-OH is 1. The fraction of sp³-hybridized carbons (Fsp3) is 0.690. The van der Waals surface area contributed by atoms with Gasteiger partial charge >= 0.3 is 17.9 Å². The summed E-state index contributed by atoms with van der Waals surface area (Å²) in [7, 11) is 0. The number of phenols is 1. The number of hydrogen-bond acceptors (Lipinski definition) is 21. The largest absolute Gasteiger partial charge is 0.508 e. The van der Waals surface area contributed by atoms with Crippen molar-refractivity contribution in [1.29, 1.82) is 0 Å². The molecule has 38 heteroatoms. The van der Waals surface area contributed by atoms with Crippen LogP contribution in [0.2, 0.25) is 0 Å². The van der Waals surface area contributed by atoms with Crippen molar-refractivity contribution < 1.29 is 97.5 Å². The normalized spacial score (nSPS) is 17.4. The maximum atomic E-state index is 14.9. The van der Waals surface area contributed by atoms with E-state index in [4.69, 9.17) is 28.7 Å². The Morgan fingerprint density at radius 2 is 0.991 bits per heavy atom. The summed E-state index contributed by atoms with van der Waals surface area (Å²) in [6.07, 6.45) is -1.17. The van der Waals surface area contributed by atoms with Gasteiger partial charge in [0, 0.05) is 38.9 Å². The van der Waals surface area contributed by atoms with Gasteiger partial charge in [0.05, 0.1) is 18.7 Å². The minimum atomic E-state index is -1.73. The molecule has 2 fully saturated rings. The van der Waals surface area contributed by atoms with Gasteiger partial charge in [-0.2, -0.15) is 0 Å². The number of guanidine groups is 1. The van der Waals surface area contributed by atoms with E-state index in [-0.39, 0.29) is 127 Å². The quantitative estimate of drug-likeness (QED) is 0.0170. The lowest BCUT2D eigenvalue weighted by atomic mass is 9.96. The fourth-order valence-corrected chi connectivity index (χ4v) is 12.4. The first-order valence-electron chi connectivity index (χ1n) is 37.4. The average molecular weight is 1540 g/mol. The van der Waals surface area contributed by atoms with Gasteiger partial charge in [0.1, 0.15) is 72.2 Å². The molecule has 0 aromatic heterocycles. The van der Waals surface area contributed by atoms with Crippen LogP contribution in [0.15, 0.2) is 29.3 Å². The van der Waals surface area contributed by atoms with Crippen LogP contribution < -0.4 is 81.8 Å². The van der Waals surface area contributed by atoms with E-state index in [1.807, 2.05) is 0 Å². The summed E-state index contributed by atoms with van der Waals surface area (Å²) in [5, 5.41) is 75.5. The van der Waals surface area contributed by atoms with E-state index in [1.54, 1.807) is 41.5 Å². The number of amides is 12. The third-order valence-corrected chi connectivity index (χ3v) is 18.6. The van der Waals surface area contributed by atoms with E-state index in [0.717, 1.165) is 0 Å². The first-order valence-corrected chi connectivity index (χ1v) is 37.4. The minimum absolute atomic E-state index is 0.0113. The topological polar surface area (TPSA) is 626 Å². The van der Waals surface area contributed by atoms with Gasteiger partial charge < -0.3 is 117 Å². The van der Waals surface area contributed by atoms with Crippen molar-refractivity contribution in [3.05, 3.63) is 29.8 Å². The number of nitrogens with zero attached hydrogens (tertiary/aromatic N) is 3. The number of carbonyl (C=O) groups is 15. The van der Waals surface area contributed by atoms with E-state index < -0.39 is 199 Å². The highest BCUT2D eigenvalue weighted by Crippen LogP contribution is 2.28. The van der Waals surface area contributed by atoms with Crippen LogP contribution in [0.3, 0.4) is 0 Å². The predicted molar refractivity (Wildman–Crippen MR) is 397 cm³/mol. The third-order valence-electron chi connectivity index (χ3n) is 18.6. The number of benzene rings is 1. The molecule has 14 atom stereocenters. The number of aliphatic carboxylic acids is 3. The first-order chi connectivity index (χ1) is 51.4. The average Bonchev–Trinajstić information content (AvgIpc) is 1.68. The number of likely N-dealkylation sites (tertiary alicyclic amines) is 2. The van der Waals surface area contributed by atoms with Crippen LogP contribution in [0.4, 0.5) is 0 Å². The van der Waals surface area contributed by atoms with Crippen LogP contribution in [-0.4, -0.2) is 248 Å². The number of aromatic hydroxyl groups is 1. The summed E-state index contributed by atoms with van der Waals surface area (Å²) >= 11 is 0. The van der Waals surface area contributed by atoms with Crippen molar-refractivity contribution in [2.75, 3.05) is 39.3 Å². The van der Waals surface area contributed by atoms with Gasteiger partial charge in [-0.15, -0.1) is 0 Å². The zero-order valence-corrected chi connectivity index (χ0v) is 63.5. The van der Waals surface area contributed by atoms with Crippen molar-refractivity contribution in [1.82, 2.24) is 63.0 Å². The molecule has 2 aliphatic rings. The highest BCUT2D eigenvalue weighted by Gasteiger charge is 2.46. The molecule has 0 aliphatic carbocycles. The maximum Gasteiger partial charge on any atom is 0.326 e. The Kier molecular flexibility index (Phi) is 41.0. The van der Waals surface area contributed by atoms with Gasteiger partial charge in [-0.05, 0) is 152 Å². The monoisotopic (exact) mass is 1540 g/mol. The molecule has 38 nitrogen and oxygen atoms in total. The number of aliphatic imine (C=N–C) groups is 1. The standard InChI is InChI=1S/C71H118N18O20/c1-8-40(6)57(87-67(105)58(41(7)90)86-54(92)37-78-60(98)47(25-27-55(93)94)79-59(97)44(74)16-9-11-29-72)69(107)89-33-15-20-53(89)68(106)88-32-14-19-52(88)66(104)82-48(26-28-56(95)96)63(101)84-50(36-42-21-23-43(91)24-22-42)65(103)81-46(18-13-31-77-71(75)76)61(99)80-45(17-10-12-30-73)62(100)83-49(34-38(2)3)64(102)85-51(70(108)109)35-39(4)5/h21-24,38-41,44-53,57-58,90-91H,8-20,25-37,72-74H2,1-7H3,(H,78,98)(H,79,97)(H,80,99)(H,81,103)(H,82,104)(H,83,100)(H,84,101)(H,85,102)(H,86,92)(H,87,105)(H,93,94)(H,95,96)(H,108,109)(H4,75,76,77)/t40-,41+,44-,45-,46-,47-,48-,49-,50-,51-,52-,53-,57-,58-/m0/s1. The third kappa shape index (κ3) is 32.9. The number of carboxylic acids is 3. The van der Waals surface area contributed by atoms with Crippen molar-refractivity contribution in [2.45, 2.75) is 255 Å². The van der Waals surface area contributed by atoms with Crippen LogP contribution in [-0.2, 0) is 78.3 Å². The Morgan fingerprint density at radius 1 is 0.523 bits per heavy atom. The van der Waals surface area contributed by atoms with Gasteiger partial charge in [-0.3, -0.25) is 72.1 Å². The Morgan fingerprint density at radius 3 is 1.51 bits per heavy atom. The lowest BCUT2D eigenvalue weighted by molar-refractivity contribution is -0.149. The zero-order valence-electron chi connectivity index (χ0n) is 63.5. The second kappa shape index (κ2) is 47.9. The lowest BCUT2D eigenvalue weighted by Crippen LogP contribution is -2.61. The number of hydrogen-bond donors (Lipinski definition) is 20. The minimum Gasteiger partial charge on any atom is -0.508 e. The molecule has 12 amide bonds. The fourth-order valence-electron chi connectivity index (χ4n) is 12.4. The molecular weight excluding hydrogens is 1420 g/mol. The van der Waals surface area contributed by atoms with Crippen molar-refractivity contribution in [3.63, 3.8) is 0 Å². The summed E-state index contributed by atoms with van der Waals surface area (Å²) in [5.41, 5.74) is 28.8. The summed E-state index contributed by atoms with van der Waals surface area (Å²) < 4.78 is 0. The van der Waals surface area contributed by atoms with Crippen LogP contribution >= 0.6 is 0 Å². The number of nitrogens with two attached hydrogens (primary N) is 5. The van der Waals surface area contributed by atoms with Gasteiger partial charge in [0.2, 0.25) is 70.9 Å². The van der Waals surface area contributed by atoms with Gasteiger partial charge in [-0.1, -0.05) is 66.5 Å². The number of rotatable bonds is 50. The van der Waals surface area contributed by atoms with Gasteiger partial charge in [0.15, 0.2) is 5.96 Å². The van der Waals surface area contributed by atoms with E-state index in [0.29, 0.717) is 44.2 Å². The van der Waals surface area contributed by atoms with Crippen LogP contribution in [0.5, 0.6) is 5.75 Å². The summed E-state index contributed by atoms with van der Waals surface area (Å²) in [5.74, 6) is -16.0. The Balaban J connectivity index is 1.93. The molecule has 25 N–H and O–H groups in total. The lowest BCUT2D eigenvalue weighted by Gasteiger charge is -2.35. The van der Waals surface area contributed by atoms with E-state index in [9.17, 15) is 97.5 Å². The maximum absolute atomic E-state index is 14.9. The van der Waals surface area contributed by atoms with E-state index in [1.165, 1.54) is 41.0 Å². The Labute approximate surface area is 634 Å². The Hall–Kier alpha value is -9.82. The highest BCUT2D eigenvalue weighted by molar-refractivity contribution is 6.00. The number of carbonyl (C=O) groups excluding carboxylic acids is 12. The molecular formula is C71H118N18O20. The molecule has 2 aliphatic heterocycles. The molecule has 0 radical (unpaired) electrons. The molecule has 0 spiro atoms. The smallest absolute Gasteiger partial charge is 0.326 e. The number of aliphatic hydroxyl groups is 1. The molecule has 2 saturated heterocycles. The van der Waals surface area contributed by atoms with Gasteiger partial charge in [-0.25, -0.2) is 4.79 Å². The van der Waals surface area contributed by atoms with Crippen molar-refractivity contribution in [2.24, 2.45) is 51.4 Å². The molecule has 3 rings (SSSR count). The molecule has 0 unspecified atom stereocenters. The molecule has 0 bridgehead atoms. The summed E-state index contributed by atoms with van der Waals surface area (Å²) in [6.45, 7) is 11.4. The Bertz CT molecular complexity index is 3270. The van der Waals surface area contributed by atoms with Gasteiger partial charge in [0.25, 0.3) is 0 Å². The van der Waals surface area contributed by atoms with E-state index in [2.05, 4.69) is 58.2 Å². The van der Waals surface area contributed by atoms with Crippen LogP contribution in [0.25, 0.3) is 0 Å². The van der Waals surface area contributed by atoms with Crippen LogP contribution in [0, 0.1) is 17.8 Å².